The van der Waals surface area contributed by atoms with Gasteiger partial charge < -0.3 is 16.6 Å². The van der Waals surface area contributed by atoms with Gasteiger partial charge in [-0.2, -0.15) is 0 Å². The minimum atomic E-state index is -0.793. The van der Waals surface area contributed by atoms with E-state index in [1.807, 2.05) is 6.92 Å². The van der Waals surface area contributed by atoms with Gasteiger partial charge in [0.25, 0.3) is 5.91 Å². The molecule has 3 aromatic rings. The predicted molar refractivity (Wildman–Crippen MR) is 146 cm³/mol. The molecule has 0 aliphatic rings. The summed E-state index contributed by atoms with van der Waals surface area (Å²) in [5.41, 5.74) is 18.3. The van der Waals surface area contributed by atoms with Crippen LogP contribution >= 0.6 is 0 Å². The van der Waals surface area contributed by atoms with Crippen LogP contribution in [0.25, 0.3) is 16.7 Å². The molecule has 0 atom stereocenters. The standard InChI is InChI=1S/C27H37N5O2Si/c1-14(2)27(15(3)4,16(5)6)35-12-11-21-30-13-19-22(25(29)34)24(28)32(26(19)31-21)23-17(7)9-10-20(33)18(23)8/h9-10,13-16,33H,28,35H2,1-8H3,(H2,29,34). The number of primary amides is 1. The molecule has 186 valence electrons. The number of hydrogen-bond acceptors (Lipinski definition) is 5. The summed E-state index contributed by atoms with van der Waals surface area (Å²) < 4.78 is 1.67. The van der Waals surface area contributed by atoms with E-state index in [1.165, 1.54) is 0 Å². The molecule has 0 fully saturated rings. The molecule has 8 heteroatoms. The zero-order valence-electron chi connectivity index (χ0n) is 22.0. The van der Waals surface area contributed by atoms with Gasteiger partial charge >= 0.3 is 0 Å². The van der Waals surface area contributed by atoms with Gasteiger partial charge in [-0.25, -0.2) is 9.97 Å². The van der Waals surface area contributed by atoms with Crippen molar-refractivity contribution in [3.05, 3.63) is 40.8 Å². The number of benzene rings is 1. The van der Waals surface area contributed by atoms with Crippen LogP contribution in [0, 0.1) is 43.1 Å². The van der Waals surface area contributed by atoms with Crippen molar-refractivity contribution in [3.8, 4) is 22.9 Å². The van der Waals surface area contributed by atoms with E-state index in [4.69, 9.17) is 16.5 Å². The Morgan fingerprint density at radius 3 is 2.26 bits per heavy atom. The molecule has 0 saturated heterocycles. The van der Waals surface area contributed by atoms with Crippen molar-refractivity contribution in [2.45, 2.75) is 60.4 Å². The minimum absolute atomic E-state index is 0.125. The third-order valence-corrected chi connectivity index (χ3v) is 11.1. The van der Waals surface area contributed by atoms with E-state index in [2.05, 4.69) is 58.0 Å². The summed E-state index contributed by atoms with van der Waals surface area (Å²) in [4.78, 5) is 21.4. The second-order valence-corrected chi connectivity index (χ2v) is 12.3. The number of anilines is 1. The van der Waals surface area contributed by atoms with Crippen molar-refractivity contribution in [1.29, 1.82) is 0 Å². The number of aryl methyl sites for hydroxylation is 1. The van der Waals surface area contributed by atoms with Gasteiger partial charge in [-0.1, -0.05) is 47.6 Å². The smallest absolute Gasteiger partial charge is 0.253 e. The van der Waals surface area contributed by atoms with Crippen LogP contribution in [-0.2, 0) is 0 Å². The van der Waals surface area contributed by atoms with Gasteiger partial charge in [-0.3, -0.25) is 9.36 Å². The molecule has 0 radical (unpaired) electrons. The lowest BCUT2D eigenvalue weighted by atomic mass is 9.76. The molecule has 0 unspecified atom stereocenters. The van der Waals surface area contributed by atoms with E-state index < -0.39 is 15.4 Å². The van der Waals surface area contributed by atoms with E-state index in [0.717, 1.165) is 5.56 Å². The molecular weight excluding hydrogens is 454 g/mol. The zero-order chi connectivity index (χ0) is 26.2. The number of phenolic OH excluding ortho intramolecular Hbond substituents is 1. The van der Waals surface area contributed by atoms with E-state index in [9.17, 15) is 9.90 Å². The first-order chi connectivity index (χ1) is 16.3. The largest absolute Gasteiger partial charge is 0.508 e. The van der Waals surface area contributed by atoms with E-state index in [0.29, 0.717) is 45.9 Å². The number of nitrogens with zero attached hydrogens (tertiary/aromatic N) is 3. The van der Waals surface area contributed by atoms with Crippen LogP contribution in [-0.4, -0.2) is 35.1 Å². The van der Waals surface area contributed by atoms with E-state index in [-0.39, 0.29) is 22.2 Å². The highest BCUT2D eigenvalue weighted by Gasteiger charge is 2.39. The third kappa shape index (κ3) is 4.41. The molecule has 1 amide bonds. The van der Waals surface area contributed by atoms with Crippen LogP contribution in [0.3, 0.4) is 0 Å². The molecule has 0 saturated carbocycles. The number of carbonyl (C=O) groups excluding carboxylic acids is 1. The number of fused-ring (bicyclic) bond motifs is 1. The Labute approximate surface area is 210 Å². The highest BCUT2D eigenvalue weighted by atomic mass is 28.2. The van der Waals surface area contributed by atoms with Crippen molar-refractivity contribution in [3.63, 3.8) is 0 Å². The molecule has 0 aliphatic heterocycles. The summed E-state index contributed by atoms with van der Waals surface area (Å²) in [5.74, 6) is 4.79. The number of nitrogen functional groups attached to an aromatic ring is 1. The predicted octanol–water partition coefficient (Wildman–Crippen LogP) is 4.03. The van der Waals surface area contributed by atoms with Gasteiger partial charge in [-0.05, 0) is 54.2 Å². The van der Waals surface area contributed by atoms with Gasteiger partial charge in [0.2, 0.25) is 5.82 Å². The Kier molecular flexibility index (Phi) is 7.32. The molecule has 0 aliphatic carbocycles. The summed E-state index contributed by atoms with van der Waals surface area (Å²) in [6, 6.07) is 3.43. The first kappa shape index (κ1) is 26.3. The number of aromatic nitrogens is 3. The maximum absolute atomic E-state index is 12.3. The van der Waals surface area contributed by atoms with Crippen LogP contribution in [0.4, 0.5) is 5.82 Å². The Bertz CT molecular complexity index is 1320. The third-order valence-electron chi connectivity index (χ3n) is 7.64. The first-order valence-corrected chi connectivity index (χ1v) is 13.5. The average molecular weight is 492 g/mol. The summed E-state index contributed by atoms with van der Waals surface area (Å²) in [6.07, 6.45) is 1.56. The average Bonchev–Trinajstić information content (AvgIpc) is 3.05. The van der Waals surface area contributed by atoms with Crippen molar-refractivity contribution in [1.82, 2.24) is 14.5 Å². The molecule has 0 bridgehead atoms. The maximum atomic E-state index is 12.3. The Hall–Kier alpha value is -3.31. The molecule has 0 spiro atoms. The molecular formula is C27H37N5O2Si. The minimum Gasteiger partial charge on any atom is -0.508 e. The SMILES string of the molecule is Cc1ccc(O)c(C)c1-n1c(N)c(C(N)=O)c2cnc(C#C[SiH2]C(C(C)C)(C(C)C)C(C)C)nc21. The second-order valence-electron chi connectivity index (χ2n) is 10.3. The van der Waals surface area contributed by atoms with Crippen LogP contribution in [0.2, 0.25) is 5.04 Å². The fourth-order valence-electron chi connectivity index (χ4n) is 5.69. The van der Waals surface area contributed by atoms with Crippen molar-refractivity contribution < 1.29 is 9.90 Å². The number of phenols is 1. The van der Waals surface area contributed by atoms with Crippen LogP contribution in [0.15, 0.2) is 18.3 Å². The molecule has 7 nitrogen and oxygen atoms in total. The fourth-order valence-corrected chi connectivity index (χ4v) is 7.46. The van der Waals surface area contributed by atoms with E-state index in [1.54, 1.807) is 29.8 Å². The summed E-state index contributed by atoms with van der Waals surface area (Å²) in [6.45, 7) is 17.4. The number of rotatable bonds is 6. The molecule has 5 N–H and O–H groups in total. The molecule has 2 heterocycles. The summed E-state index contributed by atoms with van der Waals surface area (Å²) >= 11 is 0. The van der Waals surface area contributed by atoms with Crippen molar-refractivity contribution in [2.24, 2.45) is 23.5 Å². The lowest BCUT2D eigenvalue weighted by Gasteiger charge is -2.43. The van der Waals surface area contributed by atoms with E-state index >= 15 is 0 Å². The van der Waals surface area contributed by atoms with Gasteiger partial charge in [0.1, 0.15) is 21.1 Å². The Morgan fingerprint density at radius 1 is 1.11 bits per heavy atom. The molecule has 3 rings (SSSR count). The van der Waals surface area contributed by atoms with Crippen LogP contribution in [0.1, 0.15) is 68.9 Å². The quantitative estimate of drug-likeness (QED) is 0.355. The fraction of sp³-hybridized carbons (Fsp3) is 0.444. The number of carbonyl (C=O) groups is 1. The summed E-state index contributed by atoms with van der Waals surface area (Å²) in [5, 5.41) is 11.0. The zero-order valence-corrected chi connectivity index (χ0v) is 23.4. The van der Waals surface area contributed by atoms with Crippen molar-refractivity contribution >= 4 is 32.3 Å². The topological polar surface area (TPSA) is 120 Å². The van der Waals surface area contributed by atoms with Gasteiger partial charge in [0.15, 0.2) is 5.65 Å². The number of aromatic hydroxyl groups is 1. The van der Waals surface area contributed by atoms with Gasteiger partial charge in [0.05, 0.1) is 16.6 Å². The lowest BCUT2D eigenvalue weighted by Crippen LogP contribution is -2.36. The van der Waals surface area contributed by atoms with Gasteiger partial charge in [-0.15, -0.1) is 5.54 Å². The van der Waals surface area contributed by atoms with Crippen LogP contribution < -0.4 is 11.5 Å². The highest BCUT2D eigenvalue weighted by molar-refractivity contribution is 6.50. The number of amides is 1. The van der Waals surface area contributed by atoms with Crippen molar-refractivity contribution in [2.75, 3.05) is 5.73 Å². The molecule has 2 aromatic heterocycles. The van der Waals surface area contributed by atoms with Crippen LogP contribution in [0.5, 0.6) is 5.75 Å². The first-order valence-electron chi connectivity index (χ1n) is 12.1. The van der Waals surface area contributed by atoms with Gasteiger partial charge in [0, 0.05) is 11.8 Å². The number of hydrogen-bond donors (Lipinski definition) is 3. The summed E-state index contributed by atoms with van der Waals surface area (Å²) in [7, 11) is -0.793. The molecule has 1 aromatic carbocycles. The lowest BCUT2D eigenvalue weighted by molar-refractivity contribution is 0.100. The molecule has 35 heavy (non-hydrogen) atoms. The Morgan fingerprint density at radius 2 is 1.71 bits per heavy atom. The highest BCUT2D eigenvalue weighted by Crippen LogP contribution is 2.49. The second kappa shape index (κ2) is 9.74. The normalized spacial score (nSPS) is 12.3. The Balaban J connectivity index is 2.22. The maximum Gasteiger partial charge on any atom is 0.253 e. The number of nitrogens with two attached hydrogens (primary N) is 2. The monoisotopic (exact) mass is 491 g/mol.